The zero-order chi connectivity index (χ0) is 14.5. The summed E-state index contributed by atoms with van der Waals surface area (Å²) in [6.45, 7) is 3.34. The van der Waals surface area contributed by atoms with Crippen LogP contribution in [0.1, 0.15) is 21.5 Å². The summed E-state index contributed by atoms with van der Waals surface area (Å²) in [5, 5.41) is 10.3. The lowest BCUT2D eigenvalue weighted by atomic mass is 10.0. The van der Waals surface area contributed by atoms with Crippen LogP contribution in [0.3, 0.4) is 0 Å². The number of aryl methyl sites for hydroxylation is 2. The number of hydrogen-bond acceptors (Lipinski definition) is 6. The number of hydrogen-bond donors (Lipinski definition) is 0. The van der Waals surface area contributed by atoms with Crippen molar-refractivity contribution in [3.63, 3.8) is 0 Å². The molecule has 0 saturated heterocycles. The molecule has 2 rings (SSSR count). The Labute approximate surface area is 115 Å². The number of benzene rings is 1. The predicted molar refractivity (Wildman–Crippen MR) is 69.0 cm³/mol. The van der Waals surface area contributed by atoms with Crippen LogP contribution in [0, 0.1) is 13.8 Å². The van der Waals surface area contributed by atoms with E-state index in [4.69, 9.17) is 4.74 Å². The average Bonchev–Trinajstić information content (AvgIpc) is 2.91. The maximum Gasteiger partial charge on any atom is 0.328 e. The first-order valence-corrected chi connectivity index (χ1v) is 6.03. The molecule has 0 aliphatic rings. The Morgan fingerprint density at radius 3 is 2.80 bits per heavy atom. The number of nitrogens with zero attached hydrogens (tertiary/aromatic N) is 4. The van der Waals surface area contributed by atoms with Crippen molar-refractivity contribution in [2.45, 2.75) is 20.4 Å². The fourth-order valence-corrected chi connectivity index (χ4v) is 1.69. The molecule has 1 aromatic heterocycles. The molecule has 0 aliphatic heterocycles. The second-order valence-corrected chi connectivity index (χ2v) is 4.41. The lowest BCUT2D eigenvalue weighted by Gasteiger charge is -2.07. The molecule has 0 spiro atoms. The number of tetrazole rings is 1. The highest BCUT2D eigenvalue weighted by molar-refractivity contribution is 5.99. The third-order valence-corrected chi connectivity index (χ3v) is 2.74. The summed E-state index contributed by atoms with van der Waals surface area (Å²) >= 11 is 0. The van der Waals surface area contributed by atoms with E-state index in [2.05, 4.69) is 15.5 Å². The SMILES string of the molecule is Cc1ccc(C)c(C(=O)COC(=O)Cn2cnnn2)c1. The molecule has 0 unspecified atom stereocenters. The van der Waals surface area contributed by atoms with Crippen molar-refractivity contribution in [1.29, 1.82) is 0 Å². The van der Waals surface area contributed by atoms with Gasteiger partial charge in [-0.15, -0.1) is 5.10 Å². The smallest absolute Gasteiger partial charge is 0.328 e. The van der Waals surface area contributed by atoms with Gasteiger partial charge < -0.3 is 4.74 Å². The molecule has 7 heteroatoms. The van der Waals surface area contributed by atoms with Gasteiger partial charge in [0.15, 0.2) is 6.61 Å². The van der Waals surface area contributed by atoms with E-state index in [0.29, 0.717) is 5.56 Å². The maximum absolute atomic E-state index is 12.0. The minimum Gasteiger partial charge on any atom is -0.456 e. The third kappa shape index (κ3) is 3.47. The molecule has 0 saturated carbocycles. The van der Waals surface area contributed by atoms with Gasteiger partial charge in [0.2, 0.25) is 5.78 Å². The van der Waals surface area contributed by atoms with Crippen LogP contribution in [0.5, 0.6) is 0 Å². The molecule has 0 radical (unpaired) electrons. The molecule has 0 atom stereocenters. The molecule has 20 heavy (non-hydrogen) atoms. The van der Waals surface area contributed by atoms with Crippen molar-refractivity contribution in [2.24, 2.45) is 0 Å². The molecule has 1 heterocycles. The van der Waals surface area contributed by atoms with Crippen LogP contribution < -0.4 is 0 Å². The number of Topliss-reactive ketones (excluding diaryl/α,β-unsaturated/α-hetero) is 1. The Balaban J connectivity index is 1.92. The quantitative estimate of drug-likeness (QED) is 0.589. The second-order valence-electron chi connectivity index (χ2n) is 4.41. The van der Waals surface area contributed by atoms with E-state index in [1.807, 2.05) is 26.0 Å². The fourth-order valence-electron chi connectivity index (χ4n) is 1.69. The predicted octanol–water partition coefficient (Wildman–Crippen LogP) is 0.716. The maximum atomic E-state index is 12.0. The number of rotatable bonds is 5. The first-order chi connectivity index (χ1) is 9.56. The number of esters is 1. The molecule has 0 aliphatic carbocycles. The van der Waals surface area contributed by atoms with Crippen molar-refractivity contribution in [3.05, 3.63) is 41.2 Å². The average molecular weight is 274 g/mol. The first kappa shape index (κ1) is 13.9. The fraction of sp³-hybridized carbons (Fsp3) is 0.308. The van der Waals surface area contributed by atoms with Gasteiger partial charge in [-0.25, -0.2) is 4.68 Å². The standard InChI is InChI=1S/C13H14N4O3/c1-9-3-4-10(2)11(5-9)12(18)7-20-13(19)6-17-8-14-15-16-17/h3-5,8H,6-7H2,1-2H3. The minimum atomic E-state index is -0.559. The van der Waals surface area contributed by atoms with Crippen LogP contribution in [0.2, 0.25) is 0 Å². The normalized spacial score (nSPS) is 10.3. The Morgan fingerprint density at radius 1 is 1.30 bits per heavy atom. The van der Waals surface area contributed by atoms with E-state index in [9.17, 15) is 9.59 Å². The Hall–Kier alpha value is -2.57. The van der Waals surface area contributed by atoms with Crippen LogP contribution in [0.4, 0.5) is 0 Å². The van der Waals surface area contributed by atoms with Gasteiger partial charge in [-0.1, -0.05) is 17.7 Å². The van der Waals surface area contributed by atoms with Gasteiger partial charge in [0.05, 0.1) is 0 Å². The summed E-state index contributed by atoms with van der Waals surface area (Å²) in [5.74, 6) is -0.785. The zero-order valence-corrected chi connectivity index (χ0v) is 11.2. The molecule has 0 N–H and O–H groups in total. The molecular weight excluding hydrogens is 260 g/mol. The summed E-state index contributed by atoms with van der Waals surface area (Å²) in [6, 6.07) is 5.58. The molecular formula is C13H14N4O3. The topological polar surface area (TPSA) is 87.0 Å². The van der Waals surface area contributed by atoms with Crippen LogP contribution in [-0.2, 0) is 16.1 Å². The van der Waals surface area contributed by atoms with E-state index in [-0.39, 0.29) is 18.9 Å². The summed E-state index contributed by atoms with van der Waals surface area (Å²) in [6.07, 6.45) is 1.30. The Kier molecular flexibility index (Phi) is 4.19. The number of ketones is 1. The van der Waals surface area contributed by atoms with Gasteiger partial charge in [-0.3, -0.25) is 9.59 Å². The number of carbonyl (C=O) groups is 2. The third-order valence-electron chi connectivity index (χ3n) is 2.74. The summed E-state index contributed by atoms with van der Waals surface area (Å²) < 4.78 is 6.15. The summed E-state index contributed by atoms with van der Waals surface area (Å²) in [4.78, 5) is 23.5. The highest BCUT2D eigenvalue weighted by Crippen LogP contribution is 2.11. The van der Waals surface area contributed by atoms with Crippen LogP contribution in [0.15, 0.2) is 24.5 Å². The molecule has 0 fully saturated rings. The van der Waals surface area contributed by atoms with E-state index in [1.54, 1.807) is 6.07 Å². The molecule has 7 nitrogen and oxygen atoms in total. The summed E-state index contributed by atoms with van der Waals surface area (Å²) in [7, 11) is 0. The minimum absolute atomic E-state index is 0.118. The molecule has 2 aromatic rings. The highest BCUT2D eigenvalue weighted by atomic mass is 16.5. The van der Waals surface area contributed by atoms with E-state index < -0.39 is 5.97 Å². The number of carbonyl (C=O) groups excluding carboxylic acids is 2. The van der Waals surface area contributed by atoms with Gasteiger partial charge in [0, 0.05) is 5.56 Å². The van der Waals surface area contributed by atoms with Gasteiger partial charge in [-0.05, 0) is 35.9 Å². The Morgan fingerprint density at radius 2 is 2.10 bits per heavy atom. The monoisotopic (exact) mass is 274 g/mol. The van der Waals surface area contributed by atoms with Crippen LogP contribution in [0.25, 0.3) is 0 Å². The van der Waals surface area contributed by atoms with E-state index in [1.165, 1.54) is 11.0 Å². The molecule has 0 amide bonds. The molecule has 104 valence electrons. The number of ether oxygens (including phenoxy) is 1. The second kappa shape index (κ2) is 6.05. The number of aromatic nitrogens is 4. The van der Waals surface area contributed by atoms with Crippen molar-refractivity contribution < 1.29 is 14.3 Å². The van der Waals surface area contributed by atoms with Crippen molar-refractivity contribution in [3.8, 4) is 0 Å². The Bertz CT molecular complexity index is 623. The van der Waals surface area contributed by atoms with Gasteiger partial charge in [-0.2, -0.15) is 0 Å². The lowest BCUT2D eigenvalue weighted by Crippen LogP contribution is -2.19. The van der Waals surface area contributed by atoms with Gasteiger partial charge in [0.1, 0.15) is 12.9 Å². The van der Waals surface area contributed by atoms with Crippen molar-refractivity contribution in [1.82, 2.24) is 20.2 Å². The van der Waals surface area contributed by atoms with E-state index >= 15 is 0 Å². The van der Waals surface area contributed by atoms with Crippen molar-refractivity contribution in [2.75, 3.05) is 6.61 Å². The molecule has 1 aromatic carbocycles. The van der Waals surface area contributed by atoms with Gasteiger partial charge >= 0.3 is 5.97 Å². The van der Waals surface area contributed by atoms with Crippen molar-refractivity contribution >= 4 is 11.8 Å². The summed E-state index contributed by atoms with van der Waals surface area (Å²) in [5.41, 5.74) is 2.41. The van der Waals surface area contributed by atoms with Gasteiger partial charge in [0.25, 0.3) is 0 Å². The zero-order valence-electron chi connectivity index (χ0n) is 11.2. The largest absolute Gasteiger partial charge is 0.456 e. The van der Waals surface area contributed by atoms with Crippen LogP contribution in [-0.4, -0.2) is 38.6 Å². The van der Waals surface area contributed by atoms with Crippen LogP contribution >= 0.6 is 0 Å². The molecule has 0 bridgehead atoms. The highest BCUT2D eigenvalue weighted by Gasteiger charge is 2.13. The first-order valence-electron chi connectivity index (χ1n) is 6.03. The lowest BCUT2D eigenvalue weighted by molar-refractivity contribution is -0.143. The van der Waals surface area contributed by atoms with E-state index in [0.717, 1.165) is 11.1 Å².